The van der Waals surface area contributed by atoms with Crippen LogP contribution in [-0.4, -0.2) is 25.3 Å². The van der Waals surface area contributed by atoms with Crippen molar-refractivity contribution in [3.63, 3.8) is 0 Å². The second kappa shape index (κ2) is 5.18. The summed E-state index contributed by atoms with van der Waals surface area (Å²) in [5, 5.41) is 3.11. The first kappa shape index (κ1) is 11.5. The number of nitrogens with one attached hydrogen (secondary N) is 1. The fourth-order valence-corrected chi connectivity index (χ4v) is 0.737. The highest BCUT2D eigenvalue weighted by atomic mass is 16.5. The Kier molecular flexibility index (Phi) is 4.96. The first-order chi connectivity index (χ1) is 5.49. The standard InChI is InChI=1S/C10H19NO/c1-6-7-9(11-5)8-12-10(2,3)4/h1,9,11H,7-8H2,2-5H3. The van der Waals surface area contributed by atoms with Gasteiger partial charge in [0.1, 0.15) is 0 Å². The van der Waals surface area contributed by atoms with Gasteiger partial charge in [0.05, 0.1) is 12.2 Å². The van der Waals surface area contributed by atoms with Crippen LogP contribution in [-0.2, 0) is 4.74 Å². The van der Waals surface area contributed by atoms with Gasteiger partial charge in [-0.2, -0.15) is 0 Å². The lowest BCUT2D eigenvalue weighted by Gasteiger charge is -2.23. The quantitative estimate of drug-likeness (QED) is 0.642. The molecule has 0 radical (unpaired) electrons. The molecule has 0 aliphatic heterocycles. The van der Waals surface area contributed by atoms with Gasteiger partial charge in [0.15, 0.2) is 0 Å². The van der Waals surface area contributed by atoms with E-state index in [2.05, 4.69) is 11.2 Å². The highest BCUT2D eigenvalue weighted by molar-refractivity contribution is 4.89. The van der Waals surface area contributed by atoms with Gasteiger partial charge in [0.25, 0.3) is 0 Å². The molecule has 2 nitrogen and oxygen atoms in total. The molecule has 0 saturated heterocycles. The third-order valence-corrected chi connectivity index (χ3v) is 1.49. The van der Waals surface area contributed by atoms with Crippen molar-refractivity contribution in [3.05, 3.63) is 0 Å². The maximum absolute atomic E-state index is 5.58. The van der Waals surface area contributed by atoms with Crippen molar-refractivity contribution in [2.45, 2.75) is 38.8 Å². The summed E-state index contributed by atoms with van der Waals surface area (Å²) in [6, 6.07) is 0.272. The van der Waals surface area contributed by atoms with Gasteiger partial charge in [-0.15, -0.1) is 12.3 Å². The van der Waals surface area contributed by atoms with Crippen molar-refractivity contribution < 1.29 is 4.74 Å². The molecular weight excluding hydrogens is 150 g/mol. The molecule has 12 heavy (non-hydrogen) atoms. The van der Waals surface area contributed by atoms with E-state index >= 15 is 0 Å². The van der Waals surface area contributed by atoms with E-state index in [1.54, 1.807) is 0 Å². The fourth-order valence-electron chi connectivity index (χ4n) is 0.737. The van der Waals surface area contributed by atoms with E-state index in [0.29, 0.717) is 13.0 Å². The third kappa shape index (κ3) is 6.21. The Morgan fingerprint density at radius 1 is 1.50 bits per heavy atom. The Balaban J connectivity index is 3.67. The molecule has 70 valence electrons. The Hall–Kier alpha value is -0.520. The molecule has 0 fully saturated rings. The number of rotatable bonds is 4. The molecule has 1 N–H and O–H groups in total. The lowest BCUT2D eigenvalue weighted by Crippen LogP contribution is -2.34. The Morgan fingerprint density at radius 2 is 2.08 bits per heavy atom. The van der Waals surface area contributed by atoms with Crippen LogP contribution in [0.3, 0.4) is 0 Å². The summed E-state index contributed by atoms with van der Waals surface area (Å²) in [5.74, 6) is 2.61. The first-order valence-electron chi connectivity index (χ1n) is 4.24. The van der Waals surface area contributed by atoms with E-state index in [0.717, 1.165) is 0 Å². The fraction of sp³-hybridized carbons (Fsp3) is 0.800. The van der Waals surface area contributed by atoms with Crippen LogP contribution in [0.4, 0.5) is 0 Å². The molecule has 0 aromatic carbocycles. The molecule has 0 amide bonds. The molecule has 0 heterocycles. The first-order valence-corrected chi connectivity index (χ1v) is 4.24. The van der Waals surface area contributed by atoms with Crippen LogP contribution >= 0.6 is 0 Å². The zero-order chi connectivity index (χ0) is 9.61. The van der Waals surface area contributed by atoms with Crippen LogP contribution in [0.5, 0.6) is 0 Å². The third-order valence-electron chi connectivity index (χ3n) is 1.49. The summed E-state index contributed by atoms with van der Waals surface area (Å²) in [6.07, 6.45) is 5.91. The molecule has 0 aliphatic rings. The Morgan fingerprint density at radius 3 is 2.42 bits per heavy atom. The SMILES string of the molecule is C#CCC(COC(C)(C)C)NC. The predicted octanol–water partition coefficient (Wildman–Crippen LogP) is 1.41. The van der Waals surface area contributed by atoms with Crippen molar-refractivity contribution in [1.29, 1.82) is 0 Å². The van der Waals surface area contributed by atoms with Gasteiger partial charge in [0, 0.05) is 12.5 Å². The van der Waals surface area contributed by atoms with Crippen LogP contribution in [0.25, 0.3) is 0 Å². The zero-order valence-corrected chi connectivity index (χ0v) is 8.48. The van der Waals surface area contributed by atoms with Gasteiger partial charge in [-0.1, -0.05) is 0 Å². The number of likely N-dealkylation sites (N-methyl/N-ethyl adjacent to an activating group) is 1. The van der Waals surface area contributed by atoms with E-state index in [-0.39, 0.29) is 11.6 Å². The number of hydrogen-bond donors (Lipinski definition) is 1. The summed E-state index contributed by atoms with van der Waals surface area (Å²) < 4.78 is 5.58. The largest absolute Gasteiger partial charge is 0.374 e. The normalized spacial score (nSPS) is 13.9. The van der Waals surface area contributed by atoms with Crippen molar-refractivity contribution in [2.75, 3.05) is 13.7 Å². The lowest BCUT2D eigenvalue weighted by atomic mass is 10.2. The van der Waals surface area contributed by atoms with Crippen molar-refractivity contribution in [3.8, 4) is 12.3 Å². The molecule has 0 saturated carbocycles. The second-order valence-corrected chi connectivity index (χ2v) is 3.82. The molecule has 1 unspecified atom stereocenters. The number of terminal acetylenes is 1. The maximum atomic E-state index is 5.58. The Labute approximate surface area is 75.7 Å². The zero-order valence-electron chi connectivity index (χ0n) is 8.48. The molecule has 0 aromatic heterocycles. The van der Waals surface area contributed by atoms with Crippen LogP contribution < -0.4 is 5.32 Å². The van der Waals surface area contributed by atoms with Crippen LogP contribution in [0, 0.1) is 12.3 Å². The van der Waals surface area contributed by atoms with Crippen molar-refractivity contribution in [1.82, 2.24) is 5.32 Å². The highest BCUT2D eigenvalue weighted by Gasteiger charge is 2.13. The average Bonchev–Trinajstić information content (AvgIpc) is 1.96. The minimum atomic E-state index is -0.0797. The highest BCUT2D eigenvalue weighted by Crippen LogP contribution is 2.07. The molecule has 0 aliphatic carbocycles. The molecule has 2 heteroatoms. The summed E-state index contributed by atoms with van der Waals surface area (Å²) in [4.78, 5) is 0. The lowest BCUT2D eigenvalue weighted by molar-refractivity contribution is -0.0129. The predicted molar refractivity (Wildman–Crippen MR) is 52.0 cm³/mol. The van der Waals surface area contributed by atoms with Crippen molar-refractivity contribution >= 4 is 0 Å². The van der Waals surface area contributed by atoms with Crippen molar-refractivity contribution in [2.24, 2.45) is 0 Å². The number of ether oxygens (including phenoxy) is 1. The maximum Gasteiger partial charge on any atom is 0.0635 e. The smallest absolute Gasteiger partial charge is 0.0635 e. The van der Waals surface area contributed by atoms with Gasteiger partial charge < -0.3 is 10.1 Å². The van der Waals surface area contributed by atoms with E-state index < -0.39 is 0 Å². The molecule has 0 rings (SSSR count). The van der Waals surface area contributed by atoms with Crippen LogP contribution in [0.15, 0.2) is 0 Å². The minimum Gasteiger partial charge on any atom is -0.374 e. The molecule has 1 atom stereocenters. The molecular formula is C10H19NO. The average molecular weight is 169 g/mol. The Bertz CT molecular complexity index is 152. The second-order valence-electron chi connectivity index (χ2n) is 3.82. The summed E-state index contributed by atoms with van der Waals surface area (Å²) in [6.45, 7) is 6.78. The number of hydrogen-bond acceptors (Lipinski definition) is 2. The van der Waals surface area contributed by atoms with E-state index in [1.807, 2.05) is 27.8 Å². The topological polar surface area (TPSA) is 21.3 Å². The van der Waals surface area contributed by atoms with E-state index in [4.69, 9.17) is 11.2 Å². The van der Waals surface area contributed by atoms with E-state index in [1.165, 1.54) is 0 Å². The molecule has 0 spiro atoms. The molecule has 0 bridgehead atoms. The molecule has 0 aromatic rings. The summed E-state index contributed by atoms with van der Waals surface area (Å²) >= 11 is 0. The van der Waals surface area contributed by atoms with Gasteiger partial charge in [0.2, 0.25) is 0 Å². The van der Waals surface area contributed by atoms with Gasteiger partial charge in [-0.3, -0.25) is 0 Å². The van der Waals surface area contributed by atoms with Crippen LogP contribution in [0.2, 0.25) is 0 Å². The summed E-state index contributed by atoms with van der Waals surface area (Å²) in [5.41, 5.74) is -0.0797. The van der Waals surface area contributed by atoms with Crippen LogP contribution in [0.1, 0.15) is 27.2 Å². The van der Waals surface area contributed by atoms with E-state index in [9.17, 15) is 0 Å². The van der Waals surface area contributed by atoms with Gasteiger partial charge >= 0.3 is 0 Å². The van der Waals surface area contributed by atoms with Gasteiger partial charge in [-0.25, -0.2) is 0 Å². The summed E-state index contributed by atoms with van der Waals surface area (Å²) in [7, 11) is 1.90. The monoisotopic (exact) mass is 169 g/mol. The van der Waals surface area contributed by atoms with Gasteiger partial charge in [-0.05, 0) is 27.8 Å². The minimum absolute atomic E-state index is 0.0797.